The average Bonchev–Trinajstić information content (AvgIpc) is 3.23. The van der Waals surface area contributed by atoms with Crippen LogP contribution < -0.4 is 14.8 Å². The highest BCUT2D eigenvalue weighted by Crippen LogP contribution is 2.24. The summed E-state index contributed by atoms with van der Waals surface area (Å²) < 4.78 is 11.8. The van der Waals surface area contributed by atoms with Gasteiger partial charge in [-0.1, -0.05) is 18.2 Å². The van der Waals surface area contributed by atoms with Gasteiger partial charge in [0.05, 0.1) is 16.0 Å². The summed E-state index contributed by atoms with van der Waals surface area (Å²) in [6.07, 6.45) is 0.802. The molecular weight excluding hydrogens is 442 g/mol. The molecule has 5 nitrogen and oxygen atoms in total. The zero-order valence-electron chi connectivity index (χ0n) is 14.9. The maximum absolute atomic E-state index is 12.0. The third kappa shape index (κ3) is 5.94. The SMILES string of the molecule is O=C(CCCOc1ccccc1Br)Oc1ccc(NC(=O)c2cccs2)cc1. The molecule has 0 spiro atoms. The van der Waals surface area contributed by atoms with Gasteiger partial charge in [0, 0.05) is 12.1 Å². The van der Waals surface area contributed by atoms with Gasteiger partial charge in [-0.15, -0.1) is 11.3 Å². The number of carbonyl (C=O) groups excluding carboxylic acids is 2. The van der Waals surface area contributed by atoms with E-state index in [0.29, 0.717) is 29.3 Å². The van der Waals surface area contributed by atoms with Crippen molar-refractivity contribution < 1.29 is 19.1 Å². The molecule has 28 heavy (non-hydrogen) atoms. The first-order valence-electron chi connectivity index (χ1n) is 8.65. The molecule has 0 aliphatic heterocycles. The number of benzene rings is 2. The van der Waals surface area contributed by atoms with Crippen molar-refractivity contribution in [3.8, 4) is 11.5 Å². The fraction of sp³-hybridized carbons (Fsp3) is 0.143. The van der Waals surface area contributed by atoms with Gasteiger partial charge in [-0.2, -0.15) is 0 Å². The minimum absolute atomic E-state index is 0.162. The van der Waals surface area contributed by atoms with Gasteiger partial charge in [0.25, 0.3) is 5.91 Å². The minimum atomic E-state index is -0.328. The number of esters is 1. The summed E-state index contributed by atoms with van der Waals surface area (Å²) in [5.74, 6) is 0.692. The topological polar surface area (TPSA) is 64.6 Å². The van der Waals surface area contributed by atoms with E-state index in [-0.39, 0.29) is 18.3 Å². The van der Waals surface area contributed by atoms with Crippen molar-refractivity contribution in [2.75, 3.05) is 11.9 Å². The summed E-state index contributed by atoms with van der Waals surface area (Å²) in [6.45, 7) is 0.422. The van der Waals surface area contributed by atoms with Crippen LogP contribution in [0.2, 0.25) is 0 Å². The average molecular weight is 460 g/mol. The molecule has 0 aliphatic rings. The Labute approximate surface area is 175 Å². The Morgan fingerprint density at radius 1 is 1.00 bits per heavy atom. The Morgan fingerprint density at radius 2 is 1.79 bits per heavy atom. The fourth-order valence-electron chi connectivity index (χ4n) is 2.35. The second kappa shape index (κ2) is 10.1. The molecule has 0 bridgehead atoms. The Balaban J connectivity index is 1.40. The van der Waals surface area contributed by atoms with Crippen LogP contribution >= 0.6 is 27.3 Å². The van der Waals surface area contributed by atoms with E-state index < -0.39 is 0 Å². The second-order valence-corrected chi connectivity index (χ2v) is 7.61. The lowest BCUT2D eigenvalue weighted by Gasteiger charge is -2.08. The number of thiophene rings is 1. The zero-order chi connectivity index (χ0) is 19.8. The summed E-state index contributed by atoms with van der Waals surface area (Å²) in [5.41, 5.74) is 0.639. The van der Waals surface area contributed by atoms with Crippen molar-refractivity contribution in [2.45, 2.75) is 12.8 Å². The molecule has 0 aliphatic carbocycles. The third-order valence-corrected chi connectivity index (χ3v) is 5.23. The molecule has 3 aromatic rings. The lowest BCUT2D eigenvalue weighted by molar-refractivity contribution is -0.134. The summed E-state index contributed by atoms with van der Waals surface area (Å²) in [4.78, 5) is 24.6. The lowest BCUT2D eigenvalue weighted by atomic mass is 10.3. The molecule has 1 aromatic heterocycles. The van der Waals surface area contributed by atoms with Crippen LogP contribution in [0.3, 0.4) is 0 Å². The first-order valence-corrected chi connectivity index (χ1v) is 10.3. The van der Waals surface area contributed by atoms with E-state index in [0.717, 1.165) is 10.2 Å². The number of para-hydroxylation sites is 1. The smallest absolute Gasteiger partial charge is 0.311 e. The molecule has 7 heteroatoms. The molecule has 144 valence electrons. The van der Waals surface area contributed by atoms with Crippen LogP contribution in [0.25, 0.3) is 0 Å². The minimum Gasteiger partial charge on any atom is -0.492 e. The molecule has 0 fully saturated rings. The maximum atomic E-state index is 12.0. The van der Waals surface area contributed by atoms with E-state index >= 15 is 0 Å². The monoisotopic (exact) mass is 459 g/mol. The molecule has 0 atom stereocenters. The molecule has 0 radical (unpaired) electrons. The molecule has 1 amide bonds. The van der Waals surface area contributed by atoms with Crippen LogP contribution in [-0.4, -0.2) is 18.5 Å². The number of carbonyl (C=O) groups is 2. The van der Waals surface area contributed by atoms with Crippen molar-refractivity contribution >= 4 is 44.8 Å². The number of hydrogen-bond acceptors (Lipinski definition) is 5. The number of rotatable bonds is 8. The highest BCUT2D eigenvalue weighted by Gasteiger charge is 2.08. The Kier molecular flexibility index (Phi) is 7.22. The summed E-state index contributed by atoms with van der Waals surface area (Å²) >= 11 is 4.79. The molecule has 3 rings (SSSR count). The fourth-order valence-corrected chi connectivity index (χ4v) is 3.37. The maximum Gasteiger partial charge on any atom is 0.311 e. The van der Waals surface area contributed by atoms with Crippen LogP contribution in [0.4, 0.5) is 5.69 Å². The second-order valence-electron chi connectivity index (χ2n) is 5.81. The van der Waals surface area contributed by atoms with E-state index in [9.17, 15) is 9.59 Å². The molecule has 0 saturated heterocycles. The number of anilines is 1. The zero-order valence-corrected chi connectivity index (χ0v) is 17.3. The van der Waals surface area contributed by atoms with Gasteiger partial charge in [0.1, 0.15) is 11.5 Å². The normalized spacial score (nSPS) is 10.3. The number of amides is 1. The number of nitrogens with one attached hydrogen (secondary N) is 1. The van der Waals surface area contributed by atoms with Gasteiger partial charge < -0.3 is 14.8 Å². The van der Waals surface area contributed by atoms with Crippen molar-refractivity contribution in [2.24, 2.45) is 0 Å². The number of hydrogen-bond donors (Lipinski definition) is 1. The Morgan fingerprint density at radius 3 is 2.50 bits per heavy atom. The molecular formula is C21H18BrNO4S. The van der Waals surface area contributed by atoms with Gasteiger partial charge in [-0.25, -0.2) is 0 Å². The summed E-state index contributed by atoms with van der Waals surface area (Å²) in [7, 11) is 0. The van der Waals surface area contributed by atoms with Crippen molar-refractivity contribution in [1.82, 2.24) is 0 Å². The van der Waals surface area contributed by atoms with Crippen LogP contribution in [0.1, 0.15) is 22.5 Å². The Hall–Kier alpha value is -2.64. The Bertz CT molecular complexity index is 926. The van der Waals surface area contributed by atoms with Crippen LogP contribution in [0.5, 0.6) is 11.5 Å². The number of ether oxygens (including phenoxy) is 2. The molecule has 2 aromatic carbocycles. The van der Waals surface area contributed by atoms with E-state index in [1.165, 1.54) is 11.3 Å². The van der Waals surface area contributed by atoms with Crippen molar-refractivity contribution in [1.29, 1.82) is 0 Å². The van der Waals surface area contributed by atoms with Crippen molar-refractivity contribution in [3.05, 3.63) is 75.4 Å². The predicted molar refractivity (Wildman–Crippen MR) is 113 cm³/mol. The number of halogens is 1. The molecule has 0 saturated carbocycles. The molecule has 1 N–H and O–H groups in total. The van der Waals surface area contributed by atoms with Crippen LogP contribution in [0.15, 0.2) is 70.5 Å². The van der Waals surface area contributed by atoms with Gasteiger partial charge in [0.15, 0.2) is 0 Å². The highest BCUT2D eigenvalue weighted by atomic mass is 79.9. The van der Waals surface area contributed by atoms with Gasteiger partial charge >= 0.3 is 5.97 Å². The molecule has 1 heterocycles. The first-order chi connectivity index (χ1) is 13.6. The van der Waals surface area contributed by atoms with E-state index in [1.807, 2.05) is 35.7 Å². The van der Waals surface area contributed by atoms with Gasteiger partial charge in [-0.05, 0) is 70.2 Å². The largest absolute Gasteiger partial charge is 0.492 e. The van der Waals surface area contributed by atoms with Gasteiger partial charge in [-0.3, -0.25) is 9.59 Å². The van der Waals surface area contributed by atoms with E-state index in [1.54, 1.807) is 30.3 Å². The van der Waals surface area contributed by atoms with E-state index in [4.69, 9.17) is 9.47 Å². The van der Waals surface area contributed by atoms with Crippen molar-refractivity contribution in [3.63, 3.8) is 0 Å². The van der Waals surface area contributed by atoms with Crippen LogP contribution in [-0.2, 0) is 4.79 Å². The molecule has 0 unspecified atom stereocenters. The summed E-state index contributed by atoms with van der Waals surface area (Å²) in [5, 5.41) is 4.65. The van der Waals surface area contributed by atoms with Crippen LogP contribution in [0, 0.1) is 0 Å². The third-order valence-electron chi connectivity index (χ3n) is 3.71. The van der Waals surface area contributed by atoms with E-state index in [2.05, 4.69) is 21.2 Å². The standard InChI is InChI=1S/C21H18BrNO4S/c22-17-5-1-2-6-18(17)26-13-3-8-20(24)27-16-11-9-15(10-12-16)23-21(25)19-7-4-14-28-19/h1-2,4-7,9-12,14H,3,8,13H2,(H,23,25). The first kappa shape index (κ1) is 20.1. The predicted octanol–water partition coefficient (Wildman–Crippen LogP) is 5.53. The quantitative estimate of drug-likeness (QED) is 0.273. The lowest BCUT2D eigenvalue weighted by Crippen LogP contribution is -2.11. The van der Waals surface area contributed by atoms with Gasteiger partial charge in [0.2, 0.25) is 0 Å². The summed E-state index contributed by atoms with van der Waals surface area (Å²) in [6, 6.07) is 17.8. The highest BCUT2D eigenvalue weighted by molar-refractivity contribution is 9.10.